The molecule has 11 nitrogen and oxygen atoms in total. The molecule has 11 heteroatoms. The summed E-state index contributed by atoms with van der Waals surface area (Å²) in [5.74, 6) is 0.586. The van der Waals surface area contributed by atoms with Crippen LogP contribution in [0.1, 0.15) is 0 Å². The van der Waals surface area contributed by atoms with Gasteiger partial charge in [-0.25, -0.2) is 4.79 Å². The smallest absolute Gasteiger partial charge is 0.332 e. The summed E-state index contributed by atoms with van der Waals surface area (Å²) < 4.78 is 15.0. The fourth-order valence-electron chi connectivity index (χ4n) is 3.96. The minimum Gasteiger partial charge on any atom is -0.390 e. The van der Waals surface area contributed by atoms with Crippen molar-refractivity contribution >= 4 is 17.1 Å². The van der Waals surface area contributed by atoms with Crippen LogP contribution in [0.5, 0.6) is 0 Å². The zero-order valence-corrected chi connectivity index (χ0v) is 16.9. The van der Waals surface area contributed by atoms with Crippen molar-refractivity contribution in [1.82, 2.24) is 23.6 Å². The Morgan fingerprint density at radius 3 is 2.24 bits per heavy atom. The summed E-state index contributed by atoms with van der Waals surface area (Å²) in [6.45, 7) is 5.96. The highest BCUT2D eigenvalue weighted by molar-refractivity contribution is 5.74. The number of aliphatic hydroxyl groups is 1. The second kappa shape index (κ2) is 8.27. The quantitative estimate of drug-likeness (QED) is 0.603. The molecule has 160 valence electrons. The van der Waals surface area contributed by atoms with Gasteiger partial charge < -0.3 is 24.0 Å². The average molecular weight is 408 g/mol. The van der Waals surface area contributed by atoms with E-state index < -0.39 is 17.4 Å². The van der Waals surface area contributed by atoms with Crippen molar-refractivity contribution < 1.29 is 14.6 Å². The van der Waals surface area contributed by atoms with Gasteiger partial charge in [0.25, 0.3) is 5.56 Å². The molecular formula is C18H28N6O5. The van der Waals surface area contributed by atoms with Gasteiger partial charge in [-0.05, 0) is 0 Å². The standard InChI is InChI=1S/C18H28N6O5/c1-20-15-14(16(26)21(2)18(20)27)24(17(19-15)23-5-9-29-10-6-23)12-13(25)11-22-3-7-28-8-4-22/h13,25H,3-12H2,1-2H3/t13-/m0/s1. The van der Waals surface area contributed by atoms with Gasteiger partial charge in [-0.2, -0.15) is 4.98 Å². The Balaban J connectivity index is 1.74. The molecule has 1 atom stereocenters. The normalized spacial score (nSPS) is 19.8. The van der Waals surface area contributed by atoms with Gasteiger partial charge in [0.05, 0.1) is 39.1 Å². The van der Waals surface area contributed by atoms with E-state index in [4.69, 9.17) is 9.47 Å². The van der Waals surface area contributed by atoms with Crippen LogP contribution in [0.15, 0.2) is 9.59 Å². The Hall–Kier alpha value is -2.21. The highest BCUT2D eigenvalue weighted by Crippen LogP contribution is 2.21. The second-order valence-electron chi connectivity index (χ2n) is 7.57. The Bertz CT molecular complexity index is 983. The molecule has 2 aliphatic heterocycles. The van der Waals surface area contributed by atoms with E-state index in [-0.39, 0.29) is 6.54 Å². The van der Waals surface area contributed by atoms with Crippen molar-refractivity contribution in [2.75, 3.05) is 64.1 Å². The monoisotopic (exact) mass is 408 g/mol. The van der Waals surface area contributed by atoms with Gasteiger partial charge in [-0.1, -0.05) is 0 Å². The molecule has 4 heterocycles. The summed E-state index contributed by atoms with van der Waals surface area (Å²) in [6, 6.07) is 0. The van der Waals surface area contributed by atoms with Crippen molar-refractivity contribution in [2.24, 2.45) is 14.1 Å². The topological polar surface area (TPSA) is 107 Å². The molecule has 0 radical (unpaired) electrons. The van der Waals surface area contributed by atoms with Crippen molar-refractivity contribution in [3.63, 3.8) is 0 Å². The highest BCUT2D eigenvalue weighted by atomic mass is 16.5. The second-order valence-corrected chi connectivity index (χ2v) is 7.57. The zero-order valence-electron chi connectivity index (χ0n) is 16.9. The number of aryl methyl sites for hydroxylation is 1. The lowest BCUT2D eigenvalue weighted by atomic mass is 10.3. The van der Waals surface area contributed by atoms with E-state index in [0.717, 1.165) is 17.7 Å². The third kappa shape index (κ3) is 3.82. The molecule has 2 aromatic rings. The number of rotatable bonds is 5. The van der Waals surface area contributed by atoms with E-state index >= 15 is 0 Å². The van der Waals surface area contributed by atoms with Crippen LogP contribution in [-0.2, 0) is 30.1 Å². The number of ether oxygens (including phenoxy) is 2. The van der Waals surface area contributed by atoms with E-state index in [1.165, 1.54) is 11.6 Å². The first-order valence-corrected chi connectivity index (χ1v) is 9.94. The molecule has 0 saturated carbocycles. The molecule has 2 aliphatic rings. The Morgan fingerprint density at radius 2 is 1.59 bits per heavy atom. The third-order valence-corrected chi connectivity index (χ3v) is 5.59. The van der Waals surface area contributed by atoms with Crippen molar-refractivity contribution in [3.05, 3.63) is 20.8 Å². The predicted molar refractivity (Wildman–Crippen MR) is 107 cm³/mol. The van der Waals surface area contributed by atoms with Gasteiger partial charge in [0.15, 0.2) is 11.2 Å². The number of hydrogen-bond donors (Lipinski definition) is 1. The number of aliphatic hydroxyl groups excluding tert-OH is 1. The molecule has 0 aromatic carbocycles. The maximum atomic E-state index is 12.9. The number of anilines is 1. The van der Waals surface area contributed by atoms with E-state index in [1.807, 2.05) is 4.90 Å². The molecule has 2 fully saturated rings. The minimum absolute atomic E-state index is 0.216. The summed E-state index contributed by atoms with van der Waals surface area (Å²) in [7, 11) is 3.06. The molecule has 1 N–H and O–H groups in total. The number of aromatic nitrogens is 4. The lowest BCUT2D eigenvalue weighted by Crippen LogP contribution is -2.43. The first-order valence-electron chi connectivity index (χ1n) is 9.94. The maximum absolute atomic E-state index is 12.9. The van der Waals surface area contributed by atoms with Gasteiger partial charge in [0, 0.05) is 46.8 Å². The Morgan fingerprint density at radius 1 is 0.966 bits per heavy atom. The molecule has 0 aliphatic carbocycles. The van der Waals surface area contributed by atoms with Crippen LogP contribution in [0, 0.1) is 0 Å². The van der Waals surface area contributed by atoms with Crippen LogP contribution < -0.4 is 16.1 Å². The number of imidazole rings is 1. The van der Waals surface area contributed by atoms with Crippen LogP contribution in [0.4, 0.5) is 5.95 Å². The van der Waals surface area contributed by atoms with Crippen molar-refractivity contribution in [1.29, 1.82) is 0 Å². The summed E-state index contributed by atoms with van der Waals surface area (Å²) in [5, 5.41) is 10.8. The molecule has 0 amide bonds. The van der Waals surface area contributed by atoms with E-state index in [9.17, 15) is 14.7 Å². The largest absolute Gasteiger partial charge is 0.390 e. The Labute approximate surface area is 167 Å². The van der Waals surface area contributed by atoms with Crippen LogP contribution in [0.2, 0.25) is 0 Å². The minimum atomic E-state index is -0.688. The van der Waals surface area contributed by atoms with Crippen LogP contribution in [0.3, 0.4) is 0 Å². The maximum Gasteiger partial charge on any atom is 0.332 e. The SMILES string of the molecule is Cn1c(=O)c2c(nc(N3CCOCC3)n2C[C@@H](O)CN2CCOCC2)n(C)c1=O. The van der Waals surface area contributed by atoms with E-state index in [2.05, 4.69) is 9.88 Å². The number of morpholine rings is 2. The molecule has 2 aromatic heterocycles. The molecular weight excluding hydrogens is 380 g/mol. The molecule has 0 unspecified atom stereocenters. The summed E-state index contributed by atoms with van der Waals surface area (Å²) in [4.78, 5) is 34.1. The molecule has 0 spiro atoms. The van der Waals surface area contributed by atoms with Gasteiger partial charge in [0.1, 0.15) is 0 Å². The van der Waals surface area contributed by atoms with Gasteiger partial charge >= 0.3 is 5.69 Å². The molecule has 2 saturated heterocycles. The molecule has 29 heavy (non-hydrogen) atoms. The number of hydrogen-bond acceptors (Lipinski definition) is 8. The first-order chi connectivity index (χ1) is 14.0. The summed E-state index contributed by atoms with van der Waals surface area (Å²) >= 11 is 0. The Kier molecular flexibility index (Phi) is 5.72. The number of nitrogens with zero attached hydrogens (tertiary/aromatic N) is 6. The van der Waals surface area contributed by atoms with Gasteiger partial charge in [-0.3, -0.25) is 18.8 Å². The van der Waals surface area contributed by atoms with Crippen molar-refractivity contribution in [2.45, 2.75) is 12.6 Å². The molecule has 4 rings (SSSR count). The first kappa shape index (κ1) is 20.1. The lowest BCUT2D eigenvalue weighted by molar-refractivity contribution is 0.0117. The lowest BCUT2D eigenvalue weighted by Gasteiger charge is -2.30. The highest BCUT2D eigenvalue weighted by Gasteiger charge is 2.26. The van der Waals surface area contributed by atoms with E-state index in [1.54, 1.807) is 11.6 Å². The summed E-state index contributed by atoms with van der Waals surface area (Å²) in [5.41, 5.74) is -0.168. The fourth-order valence-corrected chi connectivity index (χ4v) is 3.96. The third-order valence-electron chi connectivity index (χ3n) is 5.59. The van der Waals surface area contributed by atoms with Crippen LogP contribution in [-0.4, -0.2) is 93.9 Å². The van der Waals surface area contributed by atoms with Gasteiger partial charge in [-0.15, -0.1) is 0 Å². The predicted octanol–water partition coefficient (Wildman–Crippen LogP) is -2.04. The summed E-state index contributed by atoms with van der Waals surface area (Å²) in [6.07, 6.45) is -0.688. The number of β-amino-alcohol motifs (C(OH)–C–C–N with tert-alkyl or cyclic N) is 1. The van der Waals surface area contributed by atoms with Gasteiger partial charge in [0.2, 0.25) is 5.95 Å². The number of fused-ring (bicyclic) bond motifs is 1. The fraction of sp³-hybridized carbons (Fsp3) is 0.722. The van der Waals surface area contributed by atoms with Crippen LogP contribution in [0.25, 0.3) is 11.2 Å². The van der Waals surface area contributed by atoms with Crippen LogP contribution >= 0.6 is 0 Å². The average Bonchev–Trinajstić information content (AvgIpc) is 3.11. The zero-order chi connectivity index (χ0) is 20.5. The molecule has 0 bridgehead atoms. The van der Waals surface area contributed by atoms with Crippen molar-refractivity contribution in [3.8, 4) is 0 Å². The van der Waals surface area contributed by atoms with E-state index in [0.29, 0.717) is 63.2 Å².